The van der Waals surface area contributed by atoms with E-state index < -0.39 is 16.7 Å². The van der Waals surface area contributed by atoms with Gasteiger partial charge in [0.1, 0.15) is 4.91 Å². The highest BCUT2D eigenvalue weighted by molar-refractivity contribution is 9.10. The Morgan fingerprint density at radius 2 is 1.95 bits per heavy atom. The molecule has 2 aromatic carbocycles. The topological polar surface area (TPSA) is 46.2 Å². The van der Waals surface area contributed by atoms with E-state index in [0.717, 1.165) is 10.0 Å². The number of anilines is 1. The molecule has 112 valence electrons. The summed E-state index contributed by atoms with van der Waals surface area (Å²) in [7, 11) is -1.67. The monoisotopic (exact) mass is 415 g/mol. The second-order valence-electron chi connectivity index (χ2n) is 4.55. The van der Waals surface area contributed by atoms with Gasteiger partial charge in [-0.3, -0.25) is 4.79 Å². The fraction of sp³-hybridized carbons (Fsp3) is 0. The summed E-state index contributed by atoms with van der Waals surface area (Å²) in [5, 5.41) is 3.32. The first-order chi connectivity index (χ1) is 10.5. The summed E-state index contributed by atoms with van der Waals surface area (Å²) < 4.78 is 13.6. The minimum atomic E-state index is -1.67. The molecule has 3 rings (SSSR count). The van der Waals surface area contributed by atoms with Crippen LogP contribution < -0.4 is 5.32 Å². The molecule has 22 heavy (non-hydrogen) atoms. The van der Waals surface area contributed by atoms with E-state index >= 15 is 0 Å². The minimum Gasteiger partial charge on any atom is -0.320 e. The molecule has 0 spiro atoms. The van der Waals surface area contributed by atoms with Crippen molar-refractivity contribution in [3.05, 3.63) is 61.4 Å². The fourth-order valence-corrected chi connectivity index (χ4v) is 4.44. The maximum atomic E-state index is 12.7. The van der Waals surface area contributed by atoms with Crippen molar-refractivity contribution in [3.8, 4) is 0 Å². The van der Waals surface area contributed by atoms with E-state index in [2.05, 4.69) is 21.2 Å². The number of hydrogen-bond acceptors (Lipinski definition) is 2. The van der Waals surface area contributed by atoms with Crippen LogP contribution in [0.2, 0.25) is 10.0 Å². The van der Waals surface area contributed by atoms with Gasteiger partial charge in [-0.1, -0.05) is 51.3 Å². The number of benzene rings is 2. The molecule has 0 bridgehead atoms. The zero-order valence-electron chi connectivity index (χ0n) is 10.9. The number of carbonyl (C=O) groups is 1. The average molecular weight is 417 g/mol. The van der Waals surface area contributed by atoms with Crippen molar-refractivity contribution in [2.75, 3.05) is 5.32 Å². The van der Waals surface area contributed by atoms with Crippen molar-refractivity contribution in [2.45, 2.75) is 4.90 Å². The number of nitrogens with one attached hydrogen (secondary N) is 1. The molecule has 2 aromatic rings. The van der Waals surface area contributed by atoms with Gasteiger partial charge in [0, 0.05) is 9.50 Å². The van der Waals surface area contributed by atoms with E-state index in [4.69, 9.17) is 23.2 Å². The molecule has 0 aromatic heterocycles. The number of fused-ring (bicyclic) bond motifs is 1. The van der Waals surface area contributed by atoms with Crippen LogP contribution in [0.5, 0.6) is 0 Å². The van der Waals surface area contributed by atoms with Crippen LogP contribution >= 0.6 is 39.1 Å². The molecule has 1 N–H and O–H groups in total. The second kappa shape index (κ2) is 6.16. The molecule has 0 fully saturated rings. The van der Waals surface area contributed by atoms with Crippen LogP contribution in [0.25, 0.3) is 6.08 Å². The van der Waals surface area contributed by atoms with Crippen molar-refractivity contribution in [3.63, 3.8) is 0 Å². The summed E-state index contributed by atoms with van der Waals surface area (Å²) >= 11 is 15.4. The van der Waals surface area contributed by atoms with Crippen molar-refractivity contribution in [1.82, 2.24) is 0 Å². The molecule has 0 saturated carbocycles. The predicted octanol–water partition coefficient (Wildman–Crippen LogP) is 4.86. The second-order valence-corrected chi connectivity index (χ2v) is 7.70. The van der Waals surface area contributed by atoms with Crippen molar-refractivity contribution >= 4 is 67.6 Å². The van der Waals surface area contributed by atoms with E-state index in [9.17, 15) is 9.00 Å². The van der Waals surface area contributed by atoms with E-state index in [1.165, 1.54) is 12.1 Å². The van der Waals surface area contributed by atoms with E-state index in [1.807, 2.05) is 24.3 Å². The third-order valence-electron chi connectivity index (χ3n) is 3.01. The molecular formula is C15H8BrCl2NO2S. The van der Waals surface area contributed by atoms with Crippen LogP contribution in [-0.4, -0.2) is 10.1 Å². The lowest BCUT2D eigenvalue weighted by Crippen LogP contribution is -2.24. The molecule has 1 aliphatic rings. The van der Waals surface area contributed by atoms with Crippen LogP contribution in [0.15, 0.2) is 50.7 Å². The molecular weight excluding hydrogens is 409 g/mol. The van der Waals surface area contributed by atoms with E-state index in [1.54, 1.807) is 6.08 Å². The van der Waals surface area contributed by atoms with Gasteiger partial charge in [0.15, 0.2) is 0 Å². The molecule has 1 unspecified atom stereocenters. The van der Waals surface area contributed by atoms with Gasteiger partial charge in [0.2, 0.25) is 0 Å². The van der Waals surface area contributed by atoms with Gasteiger partial charge in [0.05, 0.1) is 26.4 Å². The number of hydrogen-bond donors (Lipinski definition) is 1. The fourth-order valence-electron chi connectivity index (χ4n) is 2.09. The van der Waals surface area contributed by atoms with Crippen LogP contribution in [0.4, 0.5) is 5.69 Å². The lowest BCUT2D eigenvalue weighted by molar-refractivity contribution is -0.112. The Morgan fingerprint density at radius 1 is 1.18 bits per heavy atom. The summed E-state index contributed by atoms with van der Waals surface area (Å²) in [6, 6.07) is 10.4. The molecule has 7 heteroatoms. The summed E-state index contributed by atoms with van der Waals surface area (Å²) in [5.74, 6) is -0.427. The highest BCUT2D eigenvalue weighted by atomic mass is 79.9. The molecule has 0 aliphatic carbocycles. The van der Waals surface area contributed by atoms with Crippen LogP contribution in [0.1, 0.15) is 5.56 Å². The van der Waals surface area contributed by atoms with Crippen LogP contribution in [-0.2, 0) is 15.6 Å². The van der Waals surface area contributed by atoms with Crippen LogP contribution in [0.3, 0.4) is 0 Å². The maximum Gasteiger partial charge on any atom is 0.265 e. The summed E-state index contributed by atoms with van der Waals surface area (Å²) in [6.45, 7) is 0. The normalized spacial score (nSPS) is 19.0. The summed E-state index contributed by atoms with van der Waals surface area (Å²) in [6.07, 6.45) is 1.59. The number of amides is 1. The largest absolute Gasteiger partial charge is 0.320 e. The maximum absolute atomic E-state index is 12.7. The van der Waals surface area contributed by atoms with Gasteiger partial charge >= 0.3 is 0 Å². The lowest BCUT2D eigenvalue weighted by atomic mass is 10.2. The molecule has 0 saturated heterocycles. The first-order valence-electron chi connectivity index (χ1n) is 6.15. The Morgan fingerprint density at radius 3 is 2.68 bits per heavy atom. The van der Waals surface area contributed by atoms with Gasteiger partial charge in [0.25, 0.3) is 5.91 Å². The summed E-state index contributed by atoms with van der Waals surface area (Å²) in [4.78, 5) is 12.7. The van der Waals surface area contributed by atoms with Gasteiger partial charge in [-0.15, -0.1) is 0 Å². The zero-order chi connectivity index (χ0) is 15.9. The molecule has 1 aliphatic heterocycles. The standard InChI is InChI=1S/C15H8BrCl2NO2S/c16-9-3-1-2-8(4-9)5-13-15(20)19-12-7-10(17)6-11(18)14(12)22(13)21/h1-7H,(H,19,20)/b13-5+. The first kappa shape index (κ1) is 15.7. The Kier molecular flexibility index (Phi) is 4.41. The number of halogens is 3. The van der Waals surface area contributed by atoms with Gasteiger partial charge < -0.3 is 5.32 Å². The molecule has 1 heterocycles. The summed E-state index contributed by atoms with van der Waals surface area (Å²) in [5.41, 5.74) is 1.15. The quantitative estimate of drug-likeness (QED) is 0.675. The van der Waals surface area contributed by atoms with Gasteiger partial charge in [-0.25, -0.2) is 4.21 Å². The minimum absolute atomic E-state index is 0.148. The first-order valence-corrected chi connectivity index (χ1v) is 8.85. The Labute approximate surface area is 147 Å². The van der Waals surface area contributed by atoms with Crippen molar-refractivity contribution in [1.29, 1.82) is 0 Å². The number of rotatable bonds is 1. The average Bonchev–Trinajstić information content (AvgIpc) is 2.42. The Balaban J connectivity index is 2.12. The highest BCUT2D eigenvalue weighted by Crippen LogP contribution is 2.38. The SMILES string of the molecule is O=C1Nc2cc(Cl)cc(Cl)c2S(=O)/C1=C/c1cccc(Br)c1. The lowest BCUT2D eigenvalue weighted by Gasteiger charge is -2.20. The third kappa shape index (κ3) is 2.99. The van der Waals surface area contributed by atoms with E-state index in [0.29, 0.717) is 15.6 Å². The molecule has 1 atom stereocenters. The molecule has 3 nitrogen and oxygen atoms in total. The van der Waals surface area contributed by atoms with Crippen molar-refractivity contribution in [2.24, 2.45) is 0 Å². The van der Waals surface area contributed by atoms with E-state index in [-0.39, 0.29) is 9.93 Å². The Bertz CT molecular complexity index is 851. The molecule has 1 amide bonds. The smallest absolute Gasteiger partial charge is 0.265 e. The zero-order valence-corrected chi connectivity index (χ0v) is 14.8. The van der Waals surface area contributed by atoms with Gasteiger partial charge in [-0.05, 0) is 35.9 Å². The molecule has 0 radical (unpaired) electrons. The Hall–Kier alpha value is -1.14. The highest BCUT2D eigenvalue weighted by Gasteiger charge is 2.29. The third-order valence-corrected chi connectivity index (χ3v) is 5.65. The van der Waals surface area contributed by atoms with Crippen molar-refractivity contribution < 1.29 is 9.00 Å². The van der Waals surface area contributed by atoms with Gasteiger partial charge in [-0.2, -0.15) is 0 Å². The van der Waals surface area contributed by atoms with Crippen LogP contribution in [0, 0.1) is 0 Å². The number of carbonyl (C=O) groups excluding carboxylic acids is 1. The predicted molar refractivity (Wildman–Crippen MR) is 93.6 cm³/mol.